The zero-order chi connectivity index (χ0) is 19.3. The number of nitrogens with zero attached hydrogens (tertiary/aromatic N) is 1. The van der Waals surface area contributed by atoms with Gasteiger partial charge in [0, 0.05) is 37.3 Å². The molecule has 2 aromatic carbocycles. The van der Waals surface area contributed by atoms with E-state index in [0.29, 0.717) is 22.4 Å². The molecule has 0 atom stereocenters. The van der Waals surface area contributed by atoms with Gasteiger partial charge in [-0.3, -0.25) is 4.79 Å². The van der Waals surface area contributed by atoms with Gasteiger partial charge in [0.05, 0.1) is 13.4 Å². The van der Waals surface area contributed by atoms with Gasteiger partial charge >= 0.3 is 0 Å². The third kappa shape index (κ3) is 5.03. The van der Waals surface area contributed by atoms with Gasteiger partial charge in [-0.2, -0.15) is 0 Å². The zero-order valence-electron chi connectivity index (χ0n) is 14.8. The van der Waals surface area contributed by atoms with Gasteiger partial charge in [-0.15, -0.1) is 0 Å². The van der Waals surface area contributed by atoms with Crippen LogP contribution in [-0.4, -0.2) is 52.1 Å². The van der Waals surface area contributed by atoms with Crippen molar-refractivity contribution in [2.24, 2.45) is 0 Å². The first-order valence-corrected chi connectivity index (χ1v) is 9.70. The van der Waals surface area contributed by atoms with Crippen molar-refractivity contribution in [2.75, 3.05) is 33.5 Å². The van der Waals surface area contributed by atoms with Gasteiger partial charge in [-0.05, 0) is 29.8 Å². The smallest absolute Gasteiger partial charge is 0.251 e. The summed E-state index contributed by atoms with van der Waals surface area (Å²) in [6, 6.07) is 11.1. The van der Waals surface area contributed by atoms with Crippen molar-refractivity contribution in [3.05, 3.63) is 53.8 Å². The average molecular weight is 380 g/mol. The minimum atomic E-state index is -3.27. The lowest BCUT2D eigenvalue weighted by molar-refractivity contribution is 0.0952. The summed E-state index contributed by atoms with van der Waals surface area (Å²) < 4.78 is 42.8. The molecule has 8 heteroatoms. The second-order valence-electron chi connectivity index (χ2n) is 5.76. The molecule has 0 aliphatic heterocycles. The van der Waals surface area contributed by atoms with Crippen molar-refractivity contribution in [3.8, 4) is 16.9 Å². The van der Waals surface area contributed by atoms with Gasteiger partial charge in [0.25, 0.3) is 5.91 Å². The minimum absolute atomic E-state index is 0.180. The van der Waals surface area contributed by atoms with Crippen molar-refractivity contribution in [2.45, 2.75) is 0 Å². The molecule has 140 valence electrons. The number of nitrogens with one attached hydrogen (secondary N) is 1. The molecule has 2 aromatic rings. The Balaban J connectivity index is 2.02. The highest BCUT2D eigenvalue weighted by Gasteiger charge is 2.12. The minimum Gasteiger partial charge on any atom is -0.497 e. The van der Waals surface area contributed by atoms with E-state index in [1.165, 1.54) is 20.2 Å². The summed E-state index contributed by atoms with van der Waals surface area (Å²) in [6.07, 6.45) is 1.10. The van der Waals surface area contributed by atoms with Crippen LogP contribution in [0.1, 0.15) is 10.4 Å². The molecule has 1 amide bonds. The summed E-state index contributed by atoms with van der Waals surface area (Å²) in [5.41, 5.74) is 1.45. The number of methoxy groups -OCH3 is 1. The number of halogens is 1. The van der Waals surface area contributed by atoms with Crippen LogP contribution in [-0.2, 0) is 10.0 Å². The van der Waals surface area contributed by atoms with Crippen LogP contribution < -0.4 is 10.1 Å². The number of hydrogen-bond acceptors (Lipinski definition) is 4. The van der Waals surface area contributed by atoms with Gasteiger partial charge in [-0.25, -0.2) is 17.1 Å². The molecule has 26 heavy (non-hydrogen) atoms. The molecule has 2 rings (SSSR count). The number of hydrogen-bond donors (Lipinski definition) is 1. The van der Waals surface area contributed by atoms with E-state index in [1.807, 2.05) is 0 Å². The number of carbonyl (C=O) groups excluding carboxylic acids is 1. The molecule has 0 radical (unpaired) electrons. The van der Waals surface area contributed by atoms with Crippen molar-refractivity contribution in [1.82, 2.24) is 9.62 Å². The third-order valence-electron chi connectivity index (χ3n) is 3.91. The van der Waals surface area contributed by atoms with E-state index >= 15 is 0 Å². The largest absolute Gasteiger partial charge is 0.497 e. The molecule has 0 bridgehead atoms. The van der Waals surface area contributed by atoms with E-state index in [9.17, 15) is 17.6 Å². The van der Waals surface area contributed by atoms with E-state index in [1.54, 1.807) is 36.4 Å². The van der Waals surface area contributed by atoms with E-state index in [2.05, 4.69) is 5.32 Å². The number of sulfonamides is 1. The van der Waals surface area contributed by atoms with Gasteiger partial charge < -0.3 is 10.1 Å². The highest BCUT2D eigenvalue weighted by Crippen LogP contribution is 2.26. The van der Waals surface area contributed by atoms with Crippen LogP contribution in [0.15, 0.2) is 42.5 Å². The Morgan fingerprint density at radius 3 is 2.38 bits per heavy atom. The highest BCUT2D eigenvalue weighted by atomic mass is 32.2. The first kappa shape index (κ1) is 19.9. The maximum atomic E-state index is 14.1. The van der Waals surface area contributed by atoms with Crippen LogP contribution in [0.25, 0.3) is 11.1 Å². The summed E-state index contributed by atoms with van der Waals surface area (Å²) in [4.78, 5) is 12.1. The lowest BCUT2D eigenvalue weighted by Crippen LogP contribution is -2.35. The highest BCUT2D eigenvalue weighted by molar-refractivity contribution is 7.88. The summed E-state index contributed by atoms with van der Waals surface area (Å²) in [6.45, 7) is 0.372. The van der Waals surface area contributed by atoms with Crippen molar-refractivity contribution in [3.63, 3.8) is 0 Å². The fourth-order valence-corrected chi connectivity index (χ4v) is 2.68. The number of benzene rings is 2. The van der Waals surface area contributed by atoms with Gasteiger partial charge in [0.15, 0.2) is 0 Å². The maximum Gasteiger partial charge on any atom is 0.251 e. The molecular weight excluding hydrogens is 359 g/mol. The Kier molecular flexibility index (Phi) is 6.33. The van der Waals surface area contributed by atoms with Crippen molar-refractivity contribution in [1.29, 1.82) is 0 Å². The molecule has 0 aliphatic carbocycles. The Hall–Kier alpha value is -2.45. The summed E-state index contributed by atoms with van der Waals surface area (Å²) in [5, 5.41) is 2.65. The van der Waals surface area contributed by atoms with E-state index < -0.39 is 15.8 Å². The summed E-state index contributed by atoms with van der Waals surface area (Å²) in [5.74, 6) is -0.305. The Morgan fingerprint density at radius 1 is 1.19 bits per heavy atom. The molecule has 6 nitrogen and oxygen atoms in total. The predicted molar refractivity (Wildman–Crippen MR) is 98.2 cm³/mol. The lowest BCUT2D eigenvalue weighted by Gasteiger charge is -2.14. The van der Waals surface area contributed by atoms with Crippen LogP contribution in [0, 0.1) is 5.82 Å². The quantitative estimate of drug-likeness (QED) is 0.798. The topological polar surface area (TPSA) is 75.7 Å². The van der Waals surface area contributed by atoms with Gasteiger partial charge in [0.1, 0.15) is 11.6 Å². The summed E-state index contributed by atoms with van der Waals surface area (Å²) in [7, 11) is -0.361. The molecule has 0 saturated heterocycles. The first-order chi connectivity index (χ1) is 12.2. The SMILES string of the molecule is COc1ccc(-c2ccc(C(=O)NCCN(C)S(C)(=O)=O)cc2)c(F)c1. The van der Waals surface area contributed by atoms with Crippen molar-refractivity contribution < 1.29 is 22.3 Å². The number of carbonyl (C=O) groups is 1. The van der Waals surface area contributed by atoms with Gasteiger partial charge in [-0.1, -0.05) is 12.1 Å². The monoisotopic (exact) mass is 380 g/mol. The molecule has 0 saturated carbocycles. The Bertz CT molecular complexity index is 883. The van der Waals surface area contributed by atoms with E-state index in [0.717, 1.165) is 10.6 Å². The Morgan fingerprint density at radius 2 is 1.85 bits per heavy atom. The molecule has 0 heterocycles. The molecule has 0 unspecified atom stereocenters. The van der Waals surface area contributed by atoms with Crippen LogP contribution in [0.4, 0.5) is 4.39 Å². The number of ether oxygens (including phenoxy) is 1. The van der Waals surface area contributed by atoms with Crippen LogP contribution in [0.5, 0.6) is 5.75 Å². The fraction of sp³-hybridized carbons (Fsp3) is 0.278. The predicted octanol–water partition coefficient (Wildman–Crippen LogP) is 2.12. The number of rotatable bonds is 7. The second-order valence-corrected chi connectivity index (χ2v) is 7.85. The van der Waals surface area contributed by atoms with Crippen LogP contribution >= 0.6 is 0 Å². The van der Waals surface area contributed by atoms with Crippen molar-refractivity contribution >= 4 is 15.9 Å². The van der Waals surface area contributed by atoms with Crippen LogP contribution in [0.3, 0.4) is 0 Å². The average Bonchev–Trinajstić information content (AvgIpc) is 2.60. The molecule has 0 aromatic heterocycles. The standard InChI is InChI=1S/C18H21FN2O4S/c1-21(26(3,23)24)11-10-20-18(22)14-6-4-13(5-7-14)16-9-8-15(25-2)12-17(16)19/h4-9,12H,10-11H2,1-3H3,(H,20,22). The lowest BCUT2D eigenvalue weighted by atomic mass is 10.0. The number of amides is 1. The van der Waals surface area contributed by atoms with E-state index in [4.69, 9.17) is 4.74 Å². The van der Waals surface area contributed by atoms with Gasteiger partial charge in [0.2, 0.25) is 10.0 Å². The van der Waals surface area contributed by atoms with Crippen LogP contribution in [0.2, 0.25) is 0 Å². The van der Waals surface area contributed by atoms with E-state index in [-0.39, 0.29) is 19.0 Å². The molecule has 1 N–H and O–H groups in total. The maximum absolute atomic E-state index is 14.1. The summed E-state index contributed by atoms with van der Waals surface area (Å²) >= 11 is 0. The number of likely N-dealkylation sites (N-methyl/N-ethyl adjacent to an activating group) is 1. The Labute approximate surface area is 152 Å². The normalized spacial score (nSPS) is 11.4. The molecule has 0 fully saturated rings. The first-order valence-electron chi connectivity index (χ1n) is 7.86. The fourth-order valence-electron chi connectivity index (χ4n) is 2.25. The molecule has 0 spiro atoms. The third-order valence-corrected chi connectivity index (χ3v) is 5.23. The second kappa shape index (κ2) is 8.29. The molecule has 0 aliphatic rings. The molecular formula is C18H21FN2O4S. The zero-order valence-corrected chi connectivity index (χ0v) is 15.6.